The predicted molar refractivity (Wildman–Crippen MR) is 72.8 cm³/mol. The van der Waals surface area contributed by atoms with Crippen molar-refractivity contribution in [3.05, 3.63) is 35.5 Å². The van der Waals surface area contributed by atoms with Crippen molar-refractivity contribution in [2.75, 3.05) is 0 Å². The van der Waals surface area contributed by atoms with Gasteiger partial charge in [0.15, 0.2) is 0 Å². The van der Waals surface area contributed by atoms with Crippen LogP contribution in [0.1, 0.15) is 25.1 Å². The van der Waals surface area contributed by atoms with Crippen LogP contribution in [0.5, 0.6) is 0 Å². The number of fused-ring (bicyclic) bond motifs is 1. The summed E-state index contributed by atoms with van der Waals surface area (Å²) >= 11 is 0. The van der Waals surface area contributed by atoms with E-state index in [0.717, 1.165) is 6.54 Å². The van der Waals surface area contributed by atoms with E-state index >= 15 is 0 Å². The summed E-state index contributed by atoms with van der Waals surface area (Å²) in [4.78, 5) is 0. The molecule has 3 nitrogen and oxygen atoms in total. The van der Waals surface area contributed by atoms with Gasteiger partial charge in [0.1, 0.15) is 0 Å². The first-order valence-corrected chi connectivity index (χ1v) is 6.12. The lowest BCUT2D eigenvalue weighted by atomic mass is 10.1. The predicted octanol–water partition coefficient (Wildman–Crippen LogP) is 2.13. The minimum atomic E-state index is 0.507. The molecule has 0 fully saturated rings. The smallest absolute Gasteiger partial charge is 0.0483 e. The highest BCUT2D eigenvalue weighted by atomic mass is 15.0. The van der Waals surface area contributed by atoms with Crippen molar-refractivity contribution in [3.63, 3.8) is 0 Å². The lowest BCUT2D eigenvalue weighted by Crippen LogP contribution is -2.22. The molecule has 1 heterocycles. The summed E-state index contributed by atoms with van der Waals surface area (Å²) in [5, 5.41) is 4.73. The van der Waals surface area contributed by atoms with E-state index in [2.05, 4.69) is 55.0 Å². The van der Waals surface area contributed by atoms with Gasteiger partial charge in [-0.3, -0.25) is 0 Å². The maximum absolute atomic E-state index is 5.67. The zero-order valence-corrected chi connectivity index (χ0v) is 10.8. The van der Waals surface area contributed by atoms with Gasteiger partial charge in [0, 0.05) is 37.4 Å². The summed E-state index contributed by atoms with van der Waals surface area (Å²) < 4.78 is 2.24. The third-order valence-electron chi connectivity index (χ3n) is 3.14. The van der Waals surface area contributed by atoms with Crippen molar-refractivity contribution in [2.24, 2.45) is 12.8 Å². The van der Waals surface area contributed by atoms with Gasteiger partial charge < -0.3 is 15.6 Å². The summed E-state index contributed by atoms with van der Waals surface area (Å²) in [5.74, 6) is 0. The number of nitrogens with zero attached hydrogens (tertiary/aromatic N) is 1. The molecule has 0 aliphatic rings. The second-order valence-electron chi connectivity index (χ2n) is 4.83. The molecule has 2 rings (SSSR count). The molecular formula is C14H21N3. The van der Waals surface area contributed by atoms with Crippen LogP contribution in [0.15, 0.2) is 24.3 Å². The van der Waals surface area contributed by atoms with Gasteiger partial charge in [-0.25, -0.2) is 0 Å². The van der Waals surface area contributed by atoms with Gasteiger partial charge in [-0.2, -0.15) is 0 Å². The zero-order valence-electron chi connectivity index (χ0n) is 10.8. The van der Waals surface area contributed by atoms with Gasteiger partial charge in [-0.15, -0.1) is 0 Å². The maximum Gasteiger partial charge on any atom is 0.0483 e. The fourth-order valence-electron chi connectivity index (χ4n) is 2.04. The lowest BCUT2D eigenvalue weighted by molar-refractivity contribution is 0.572. The van der Waals surface area contributed by atoms with Gasteiger partial charge in [-0.1, -0.05) is 26.0 Å². The van der Waals surface area contributed by atoms with Crippen LogP contribution in [0.25, 0.3) is 10.9 Å². The molecule has 0 aliphatic carbocycles. The number of benzene rings is 1. The molecule has 0 amide bonds. The normalized spacial score (nSPS) is 11.6. The van der Waals surface area contributed by atoms with E-state index in [4.69, 9.17) is 5.73 Å². The first-order chi connectivity index (χ1) is 8.11. The standard InChI is InChI=1S/C14H21N3/c1-10(2)16-9-13-7-12-5-4-11(8-15)6-14(12)17(13)3/h4-7,10,16H,8-9,15H2,1-3H3. The Bertz CT molecular complexity index is 511. The molecule has 1 aromatic carbocycles. The lowest BCUT2D eigenvalue weighted by Gasteiger charge is -2.09. The van der Waals surface area contributed by atoms with E-state index in [0.29, 0.717) is 12.6 Å². The Labute approximate surface area is 103 Å². The van der Waals surface area contributed by atoms with E-state index in [-0.39, 0.29) is 0 Å². The largest absolute Gasteiger partial charge is 0.346 e. The molecule has 0 saturated heterocycles. The maximum atomic E-state index is 5.67. The van der Waals surface area contributed by atoms with E-state index in [1.165, 1.54) is 22.2 Å². The third kappa shape index (κ3) is 2.51. The summed E-state index contributed by atoms with van der Waals surface area (Å²) in [5.41, 5.74) is 9.42. The highest BCUT2D eigenvalue weighted by molar-refractivity contribution is 5.82. The Morgan fingerprint density at radius 2 is 2.06 bits per heavy atom. The van der Waals surface area contributed by atoms with Crippen LogP contribution in [-0.4, -0.2) is 10.6 Å². The molecule has 0 aliphatic heterocycles. The van der Waals surface area contributed by atoms with Crippen LogP contribution < -0.4 is 11.1 Å². The highest BCUT2D eigenvalue weighted by Gasteiger charge is 2.06. The molecule has 92 valence electrons. The molecular weight excluding hydrogens is 210 g/mol. The van der Waals surface area contributed by atoms with Gasteiger partial charge in [0.25, 0.3) is 0 Å². The molecule has 3 N–H and O–H groups in total. The van der Waals surface area contributed by atoms with Gasteiger partial charge >= 0.3 is 0 Å². The van der Waals surface area contributed by atoms with E-state index in [1.54, 1.807) is 0 Å². The molecule has 0 bridgehead atoms. The van der Waals surface area contributed by atoms with Crippen molar-refractivity contribution in [1.29, 1.82) is 0 Å². The van der Waals surface area contributed by atoms with Crippen molar-refractivity contribution in [1.82, 2.24) is 9.88 Å². The number of aryl methyl sites for hydroxylation is 1. The number of hydrogen-bond donors (Lipinski definition) is 2. The topological polar surface area (TPSA) is 43.0 Å². The van der Waals surface area contributed by atoms with E-state index in [1.807, 2.05) is 0 Å². The van der Waals surface area contributed by atoms with Crippen LogP contribution >= 0.6 is 0 Å². The Kier molecular flexibility index (Phi) is 3.50. The first-order valence-electron chi connectivity index (χ1n) is 6.12. The number of hydrogen-bond acceptors (Lipinski definition) is 2. The minimum absolute atomic E-state index is 0.507. The monoisotopic (exact) mass is 231 g/mol. The first kappa shape index (κ1) is 12.1. The summed E-state index contributed by atoms with van der Waals surface area (Å²) in [7, 11) is 2.11. The van der Waals surface area contributed by atoms with Crippen LogP contribution in [0.2, 0.25) is 0 Å². The summed E-state index contributed by atoms with van der Waals surface area (Å²) in [6.45, 7) is 5.83. The van der Waals surface area contributed by atoms with Gasteiger partial charge in [0.05, 0.1) is 0 Å². The molecule has 0 atom stereocenters. The number of nitrogens with one attached hydrogen (secondary N) is 1. The molecule has 1 aromatic heterocycles. The number of rotatable bonds is 4. The SMILES string of the molecule is CC(C)NCc1cc2ccc(CN)cc2n1C. The van der Waals surface area contributed by atoms with E-state index < -0.39 is 0 Å². The molecule has 0 saturated carbocycles. The van der Waals surface area contributed by atoms with Crippen molar-refractivity contribution < 1.29 is 0 Å². The molecule has 17 heavy (non-hydrogen) atoms. The number of aromatic nitrogens is 1. The van der Waals surface area contributed by atoms with Gasteiger partial charge in [0.2, 0.25) is 0 Å². The van der Waals surface area contributed by atoms with Gasteiger partial charge in [-0.05, 0) is 23.1 Å². The second-order valence-corrected chi connectivity index (χ2v) is 4.83. The van der Waals surface area contributed by atoms with Crippen LogP contribution in [0.3, 0.4) is 0 Å². The molecule has 0 radical (unpaired) electrons. The summed E-state index contributed by atoms with van der Waals surface area (Å²) in [6.07, 6.45) is 0. The van der Waals surface area contributed by atoms with Crippen molar-refractivity contribution >= 4 is 10.9 Å². The Morgan fingerprint density at radius 1 is 1.29 bits per heavy atom. The molecule has 2 aromatic rings. The van der Waals surface area contributed by atoms with E-state index in [9.17, 15) is 0 Å². The minimum Gasteiger partial charge on any atom is -0.346 e. The molecule has 0 unspecified atom stereocenters. The number of nitrogens with two attached hydrogens (primary N) is 1. The third-order valence-corrected chi connectivity index (χ3v) is 3.14. The highest BCUT2D eigenvalue weighted by Crippen LogP contribution is 2.20. The van der Waals surface area contributed by atoms with Crippen molar-refractivity contribution in [3.8, 4) is 0 Å². The Balaban J connectivity index is 2.35. The molecule has 3 heteroatoms. The van der Waals surface area contributed by atoms with Crippen LogP contribution in [0.4, 0.5) is 0 Å². The quantitative estimate of drug-likeness (QED) is 0.846. The fraction of sp³-hybridized carbons (Fsp3) is 0.429. The fourth-order valence-corrected chi connectivity index (χ4v) is 2.04. The Morgan fingerprint density at radius 3 is 2.71 bits per heavy atom. The average molecular weight is 231 g/mol. The summed E-state index contributed by atoms with van der Waals surface area (Å²) in [6, 6.07) is 9.17. The second kappa shape index (κ2) is 4.90. The Hall–Kier alpha value is -1.32. The zero-order chi connectivity index (χ0) is 12.4. The van der Waals surface area contributed by atoms with Crippen LogP contribution in [-0.2, 0) is 20.1 Å². The van der Waals surface area contributed by atoms with Crippen LogP contribution in [0, 0.1) is 0 Å². The molecule has 0 spiro atoms. The van der Waals surface area contributed by atoms with Crippen molar-refractivity contribution in [2.45, 2.75) is 33.0 Å². The average Bonchev–Trinajstić information content (AvgIpc) is 2.63.